The molecular formula is C17H15N3O8. The summed E-state index contributed by atoms with van der Waals surface area (Å²) in [6.07, 6.45) is -3.22. The lowest BCUT2D eigenvalue weighted by atomic mass is 10.1. The lowest BCUT2D eigenvalue weighted by Crippen LogP contribution is -2.34. The second kappa shape index (κ2) is 7.29. The molecule has 11 nitrogen and oxygen atoms in total. The Balaban J connectivity index is 1.51. The minimum atomic E-state index is -1.02. The van der Waals surface area contributed by atoms with E-state index in [0.29, 0.717) is 5.56 Å². The molecule has 0 aliphatic carbocycles. The Bertz CT molecular complexity index is 947. The topological polar surface area (TPSA) is 138 Å². The van der Waals surface area contributed by atoms with Gasteiger partial charge in [0, 0.05) is 6.20 Å². The summed E-state index contributed by atoms with van der Waals surface area (Å²) in [5.74, 6) is -0.615. The van der Waals surface area contributed by atoms with Gasteiger partial charge in [0.1, 0.15) is 12.7 Å². The van der Waals surface area contributed by atoms with Crippen LogP contribution in [-0.4, -0.2) is 51.8 Å². The molecule has 1 aromatic heterocycles. The highest BCUT2D eigenvalue weighted by molar-refractivity contribution is 5.89. The van der Waals surface area contributed by atoms with Gasteiger partial charge in [-0.05, 0) is 18.2 Å². The normalized spacial score (nSPS) is 25.5. The summed E-state index contributed by atoms with van der Waals surface area (Å²) in [5.41, 5.74) is 1.38. The molecule has 0 spiro atoms. The number of aromatic nitrogens is 2. The van der Waals surface area contributed by atoms with E-state index in [0.717, 1.165) is 4.57 Å². The molecule has 4 rings (SSSR count). The Morgan fingerprint density at radius 3 is 2.64 bits per heavy atom. The molecule has 3 heterocycles. The molecule has 146 valence electrons. The van der Waals surface area contributed by atoms with Crippen molar-refractivity contribution in [2.45, 2.75) is 24.5 Å². The van der Waals surface area contributed by atoms with Crippen LogP contribution in [0.15, 0.2) is 47.4 Å². The molecule has 0 saturated carbocycles. The average molecular weight is 389 g/mol. The Hall–Kier alpha value is -3.44. The number of anilines is 1. The number of benzene rings is 1. The average Bonchev–Trinajstić information content (AvgIpc) is 3.24. The fourth-order valence-corrected chi connectivity index (χ4v) is 3.07. The Morgan fingerprint density at radius 1 is 1.18 bits per heavy atom. The monoisotopic (exact) mass is 389 g/mol. The number of rotatable bonds is 5. The minimum absolute atomic E-state index is 0.0520. The van der Waals surface area contributed by atoms with Crippen molar-refractivity contribution in [3.05, 3.63) is 58.6 Å². The maximum atomic E-state index is 12.2. The van der Waals surface area contributed by atoms with E-state index in [-0.39, 0.29) is 12.4 Å². The molecule has 11 heteroatoms. The zero-order valence-corrected chi connectivity index (χ0v) is 14.3. The fourth-order valence-electron chi connectivity index (χ4n) is 3.07. The van der Waals surface area contributed by atoms with Crippen LogP contribution in [0.3, 0.4) is 0 Å². The minimum Gasteiger partial charge on any atom is -0.459 e. The molecule has 2 aliphatic heterocycles. The van der Waals surface area contributed by atoms with Gasteiger partial charge in [-0.2, -0.15) is 4.98 Å². The quantitative estimate of drug-likeness (QED) is 0.555. The first-order valence-electron chi connectivity index (χ1n) is 8.31. The molecule has 2 saturated heterocycles. The van der Waals surface area contributed by atoms with Crippen molar-refractivity contribution in [1.82, 2.24) is 9.55 Å². The van der Waals surface area contributed by atoms with E-state index in [1.165, 1.54) is 12.3 Å². The number of nitrogens with zero attached hydrogens (tertiary/aromatic N) is 2. The third-order valence-electron chi connectivity index (χ3n) is 4.36. The lowest BCUT2D eigenvalue weighted by Gasteiger charge is -2.18. The summed E-state index contributed by atoms with van der Waals surface area (Å²) in [4.78, 5) is 39.5. The Labute approximate surface area is 157 Å². The van der Waals surface area contributed by atoms with Crippen molar-refractivity contribution in [3.63, 3.8) is 0 Å². The van der Waals surface area contributed by atoms with Gasteiger partial charge in [-0.3, -0.25) is 15.3 Å². The zero-order chi connectivity index (χ0) is 19.7. The van der Waals surface area contributed by atoms with E-state index < -0.39 is 42.4 Å². The first-order chi connectivity index (χ1) is 13.6. The van der Waals surface area contributed by atoms with Gasteiger partial charge < -0.3 is 18.9 Å². The molecule has 0 bridgehead atoms. The van der Waals surface area contributed by atoms with E-state index in [1.807, 2.05) is 0 Å². The van der Waals surface area contributed by atoms with E-state index in [9.17, 15) is 14.4 Å². The number of ether oxygens (including phenoxy) is 4. The van der Waals surface area contributed by atoms with E-state index in [1.54, 1.807) is 35.8 Å². The van der Waals surface area contributed by atoms with Crippen molar-refractivity contribution in [2.75, 3.05) is 12.1 Å². The van der Waals surface area contributed by atoms with Crippen molar-refractivity contribution in [2.24, 2.45) is 0 Å². The lowest BCUT2D eigenvalue weighted by molar-refractivity contribution is -0.0769. The summed E-state index contributed by atoms with van der Waals surface area (Å²) in [7, 11) is 0. The van der Waals surface area contributed by atoms with Crippen LogP contribution in [0, 0.1) is 0 Å². The Morgan fingerprint density at radius 2 is 1.93 bits per heavy atom. The molecule has 4 atom stereocenters. The van der Waals surface area contributed by atoms with Crippen LogP contribution in [0.25, 0.3) is 0 Å². The van der Waals surface area contributed by atoms with Gasteiger partial charge in [0.15, 0.2) is 24.3 Å². The molecule has 2 fully saturated rings. The van der Waals surface area contributed by atoms with Crippen LogP contribution < -0.4 is 11.2 Å². The predicted molar refractivity (Wildman–Crippen MR) is 89.7 cm³/mol. The highest BCUT2D eigenvalue weighted by atomic mass is 16.8. The van der Waals surface area contributed by atoms with Crippen LogP contribution in [0.4, 0.5) is 10.6 Å². The molecule has 2 aromatic rings. The maximum Gasteiger partial charge on any atom is 0.509 e. The summed E-state index contributed by atoms with van der Waals surface area (Å²) < 4.78 is 22.3. The van der Waals surface area contributed by atoms with Crippen molar-refractivity contribution >= 4 is 17.9 Å². The molecule has 0 radical (unpaired) electrons. The van der Waals surface area contributed by atoms with Gasteiger partial charge >= 0.3 is 17.8 Å². The van der Waals surface area contributed by atoms with Crippen molar-refractivity contribution < 1.29 is 33.7 Å². The van der Waals surface area contributed by atoms with Gasteiger partial charge in [-0.15, -0.1) is 0 Å². The molecule has 0 unspecified atom stereocenters. The third kappa shape index (κ3) is 3.28. The van der Waals surface area contributed by atoms with Gasteiger partial charge in [0.2, 0.25) is 0 Å². The first-order valence-corrected chi connectivity index (χ1v) is 8.31. The second-order valence-electron chi connectivity index (χ2n) is 6.06. The number of hydrogen-bond donors (Lipinski definition) is 2. The highest BCUT2D eigenvalue weighted by Gasteiger charge is 2.55. The molecule has 28 heavy (non-hydrogen) atoms. The van der Waals surface area contributed by atoms with Crippen molar-refractivity contribution in [1.29, 1.82) is 0 Å². The van der Waals surface area contributed by atoms with E-state index >= 15 is 0 Å². The Kier molecular flexibility index (Phi) is 4.67. The fraction of sp³-hybridized carbons (Fsp3) is 0.294. The van der Waals surface area contributed by atoms with Gasteiger partial charge in [-0.1, -0.05) is 18.2 Å². The second-order valence-corrected chi connectivity index (χ2v) is 6.06. The number of fused-ring (bicyclic) bond motifs is 1. The number of hydrogen-bond acceptors (Lipinski definition) is 10. The summed E-state index contributed by atoms with van der Waals surface area (Å²) in [6, 6.07) is 9.70. The van der Waals surface area contributed by atoms with Gasteiger partial charge in [-0.25, -0.2) is 14.4 Å². The molecular weight excluding hydrogens is 374 g/mol. The maximum absolute atomic E-state index is 12.2. The molecule has 2 aliphatic rings. The van der Waals surface area contributed by atoms with Crippen LogP contribution in [0.5, 0.6) is 0 Å². The third-order valence-corrected chi connectivity index (χ3v) is 4.36. The number of carbonyl (C=O) groups is 2. The van der Waals surface area contributed by atoms with Crippen LogP contribution >= 0.6 is 0 Å². The molecule has 0 amide bonds. The van der Waals surface area contributed by atoms with E-state index in [4.69, 9.17) is 24.2 Å². The summed E-state index contributed by atoms with van der Waals surface area (Å²) in [5, 5.41) is 8.83. The van der Waals surface area contributed by atoms with E-state index in [2.05, 4.69) is 4.98 Å². The highest BCUT2D eigenvalue weighted by Crippen LogP contribution is 2.37. The number of nitrogens with one attached hydrogen (secondary N) is 1. The summed E-state index contributed by atoms with van der Waals surface area (Å²) in [6.45, 7) is -0.208. The first kappa shape index (κ1) is 17.9. The van der Waals surface area contributed by atoms with Crippen LogP contribution in [0.1, 0.15) is 16.6 Å². The summed E-state index contributed by atoms with van der Waals surface area (Å²) >= 11 is 0. The largest absolute Gasteiger partial charge is 0.509 e. The molecule has 2 N–H and O–H groups in total. The predicted octanol–water partition coefficient (Wildman–Crippen LogP) is 0.703. The standard InChI is InChI=1S/C17H15N3O8/c21-15(9-4-2-1-3-5-9)25-8-10-12-13(28-17(23)27-12)14(26-10)20-7-6-11(19-24)18-16(20)22/h1-7,10,12-14,24H,8H2,(H,18,19,22)/t10-,12-,13-,14-/m1/s1. The molecule has 1 aromatic carbocycles. The van der Waals surface area contributed by atoms with Gasteiger partial charge in [0.25, 0.3) is 0 Å². The van der Waals surface area contributed by atoms with Crippen molar-refractivity contribution in [3.8, 4) is 0 Å². The van der Waals surface area contributed by atoms with Crippen LogP contribution in [0.2, 0.25) is 0 Å². The van der Waals surface area contributed by atoms with Crippen LogP contribution in [-0.2, 0) is 18.9 Å². The SMILES string of the molecule is O=C1O[C@@H]2[C@H](O1)[C@@H](COC(=O)c1ccccc1)O[C@H]2n1ccc(NO)nc1=O. The number of carbonyl (C=O) groups excluding carboxylic acids is 2. The van der Waals surface area contributed by atoms with Gasteiger partial charge in [0.05, 0.1) is 5.56 Å². The zero-order valence-electron chi connectivity index (χ0n) is 14.3. The number of esters is 1. The smallest absolute Gasteiger partial charge is 0.459 e.